The molecular weight excluding hydrogens is 258 g/mol. The molecule has 1 aliphatic heterocycles. The Hall–Kier alpha value is -2.31. The average Bonchev–Trinajstić information content (AvgIpc) is 2.80. The molecule has 7 nitrogen and oxygen atoms in total. The van der Waals surface area contributed by atoms with Gasteiger partial charge in [-0.25, -0.2) is 14.8 Å². The van der Waals surface area contributed by atoms with Crippen molar-refractivity contribution in [1.29, 1.82) is 0 Å². The van der Waals surface area contributed by atoms with E-state index >= 15 is 0 Å². The number of aromatic nitrogens is 3. The molecule has 20 heavy (non-hydrogen) atoms. The van der Waals surface area contributed by atoms with E-state index in [1.165, 1.54) is 4.90 Å². The van der Waals surface area contributed by atoms with E-state index in [0.717, 1.165) is 22.4 Å². The predicted molar refractivity (Wildman–Crippen MR) is 75.0 cm³/mol. The highest BCUT2D eigenvalue weighted by Crippen LogP contribution is 2.27. The van der Waals surface area contributed by atoms with Crippen molar-refractivity contribution >= 4 is 22.9 Å². The highest BCUT2D eigenvalue weighted by molar-refractivity contribution is 5.90. The van der Waals surface area contributed by atoms with E-state index in [2.05, 4.69) is 19.9 Å². The Morgan fingerprint density at radius 2 is 2.25 bits per heavy atom. The Balaban J connectivity index is 1.93. The average molecular weight is 275 g/mol. The summed E-state index contributed by atoms with van der Waals surface area (Å²) in [7, 11) is 0. The van der Waals surface area contributed by atoms with Gasteiger partial charge < -0.3 is 19.9 Å². The van der Waals surface area contributed by atoms with Crippen LogP contribution in [0.4, 0.5) is 10.6 Å². The second kappa shape index (κ2) is 4.66. The number of fused-ring (bicyclic) bond motifs is 1. The van der Waals surface area contributed by atoms with E-state index in [9.17, 15) is 4.79 Å². The molecule has 7 heteroatoms. The minimum atomic E-state index is -0.859. The molecule has 0 aliphatic carbocycles. The van der Waals surface area contributed by atoms with Gasteiger partial charge in [0.25, 0.3) is 0 Å². The Morgan fingerprint density at radius 3 is 2.95 bits per heavy atom. The fourth-order valence-corrected chi connectivity index (χ4v) is 2.77. The van der Waals surface area contributed by atoms with E-state index in [0.29, 0.717) is 19.6 Å². The second-order valence-corrected chi connectivity index (χ2v) is 5.16. The number of H-pyrrole nitrogens is 1. The fourth-order valence-electron chi connectivity index (χ4n) is 2.77. The SMILES string of the molecule is Cc1c[nH]c2ncnc(N3CCN(C(=O)O)[C@H](C)C3)c12. The summed E-state index contributed by atoms with van der Waals surface area (Å²) in [6.07, 6.45) is 2.60. The van der Waals surface area contributed by atoms with Gasteiger partial charge in [0.05, 0.1) is 5.39 Å². The number of rotatable bonds is 1. The van der Waals surface area contributed by atoms with Crippen molar-refractivity contribution in [1.82, 2.24) is 19.9 Å². The number of aromatic amines is 1. The number of anilines is 1. The van der Waals surface area contributed by atoms with Crippen LogP contribution in [0.3, 0.4) is 0 Å². The lowest BCUT2D eigenvalue weighted by Crippen LogP contribution is -2.54. The molecular formula is C13H17N5O2. The maximum Gasteiger partial charge on any atom is 0.407 e. The maximum absolute atomic E-state index is 11.1. The molecule has 2 aromatic rings. The van der Waals surface area contributed by atoms with Gasteiger partial charge in [0, 0.05) is 31.9 Å². The van der Waals surface area contributed by atoms with Crippen molar-refractivity contribution in [2.75, 3.05) is 24.5 Å². The molecule has 1 saturated heterocycles. The fraction of sp³-hybridized carbons (Fsp3) is 0.462. The lowest BCUT2D eigenvalue weighted by atomic mass is 10.1. The second-order valence-electron chi connectivity index (χ2n) is 5.16. The zero-order chi connectivity index (χ0) is 14.3. The summed E-state index contributed by atoms with van der Waals surface area (Å²) in [5.74, 6) is 0.880. The maximum atomic E-state index is 11.1. The van der Waals surface area contributed by atoms with Crippen LogP contribution in [0.2, 0.25) is 0 Å². The predicted octanol–water partition coefficient (Wildman–Crippen LogP) is 1.45. The standard InChI is InChI=1S/C13H17N5O2/c1-8-5-14-11-10(8)12(16-7-15-11)17-3-4-18(13(19)20)9(2)6-17/h5,7,9H,3-4,6H2,1-2H3,(H,19,20)(H,14,15,16)/t9-/m1/s1. The molecule has 0 aromatic carbocycles. The van der Waals surface area contributed by atoms with Crippen LogP contribution in [0.1, 0.15) is 12.5 Å². The number of amides is 1. The largest absolute Gasteiger partial charge is 0.465 e. The Labute approximate surface area is 116 Å². The Kier molecular flexibility index (Phi) is 2.96. The molecule has 106 valence electrons. The molecule has 1 atom stereocenters. The van der Waals surface area contributed by atoms with Crippen molar-refractivity contribution in [3.63, 3.8) is 0 Å². The molecule has 0 bridgehead atoms. The number of hydrogen-bond acceptors (Lipinski definition) is 4. The van der Waals surface area contributed by atoms with Gasteiger partial charge in [0.15, 0.2) is 0 Å². The van der Waals surface area contributed by atoms with Crippen molar-refractivity contribution in [3.05, 3.63) is 18.1 Å². The third-order valence-corrected chi connectivity index (χ3v) is 3.82. The number of nitrogens with zero attached hydrogens (tertiary/aromatic N) is 4. The summed E-state index contributed by atoms with van der Waals surface area (Å²) < 4.78 is 0. The number of carbonyl (C=O) groups is 1. The van der Waals surface area contributed by atoms with Crippen molar-refractivity contribution < 1.29 is 9.90 Å². The van der Waals surface area contributed by atoms with Crippen LogP contribution in [-0.2, 0) is 0 Å². The summed E-state index contributed by atoms with van der Waals surface area (Å²) in [6.45, 7) is 5.72. The smallest absolute Gasteiger partial charge is 0.407 e. The van der Waals surface area contributed by atoms with Gasteiger partial charge in [-0.2, -0.15) is 0 Å². The van der Waals surface area contributed by atoms with E-state index in [-0.39, 0.29) is 6.04 Å². The summed E-state index contributed by atoms with van der Waals surface area (Å²) in [6, 6.07) is -0.0505. The van der Waals surface area contributed by atoms with Crippen LogP contribution in [0.25, 0.3) is 11.0 Å². The van der Waals surface area contributed by atoms with Crippen molar-refractivity contribution in [2.24, 2.45) is 0 Å². The molecule has 1 amide bonds. The van der Waals surface area contributed by atoms with Crippen molar-refractivity contribution in [3.8, 4) is 0 Å². The van der Waals surface area contributed by atoms with Crippen LogP contribution in [0.5, 0.6) is 0 Å². The van der Waals surface area contributed by atoms with E-state index in [1.807, 2.05) is 20.0 Å². The topological polar surface area (TPSA) is 85.4 Å². The molecule has 0 saturated carbocycles. The summed E-state index contributed by atoms with van der Waals surface area (Å²) in [5.41, 5.74) is 1.92. The lowest BCUT2D eigenvalue weighted by Gasteiger charge is -2.39. The van der Waals surface area contributed by atoms with E-state index < -0.39 is 6.09 Å². The molecule has 2 aromatic heterocycles. The highest BCUT2D eigenvalue weighted by atomic mass is 16.4. The first-order valence-electron chi connectivity index (χ1n) is 6.61. The van der Waals surface area contributed by atoms with Crippen molar-refractivity contribution in [2.45, 2.75) is 19.9 Å². The molecule has 1 fully saturated rings. The van der Waals surface area contributed by atoms with Crippen LogP contribution < -0.4 is 4.90 Å². The lowest BCUT2D eigenvalue weighted by molar-refractivity contribution is 0.122. The number of hydrogen-bond donors (Lipinski definition) is 2. The van der Waals surface area contributed by atoms with Gasteiger partial charge >= 0.3 is 6.09 Å². The summed E-state index contributed by atoms with van der Waals surface area (Å²) in [4.78, 5) is 26.5. The number of carboxylic acid groups (broad SMARTS) is 1. The van der Waals surface area contributed by atoms with Gasteiger partial charge in [-0.05, 0) is 19.4 Å². The van der Waals surface area contributed by atoms with Crippen LogP contribution in [-0.4, -0.2) is 56.7 Å². The van der Waals surface area contributed by atoms with Crippen LogP contribution >= 0.6 is 0 Å². The first-order chi connectivity index (χ1) is 9.58. The monoisotopic (exact) mass is 275 g/mol. The number of piperazine rings is 1. The Morgan fingerprint density at radius 1 is 1.45 bits per heavy atom. The van der Waals surface area contributed by atoms with E-state index in [1.54, 1.807) is 6.33 Å². The molecule has 2 N–H and O–H groups in total. The Bertz CT molecular complexity index is 653. The zero-order valence-corrected chi connectivity index (χ0v) is 11.5. The molecule has 1 aliphatic rings. The van der Waals surface area contributed by atoms with Crippen LogP contribution in [0.15, 0.2) is 12.5 Å². The van der Waals surface area contributed by atoms with Gasteiger partial charge in [-0.1, -0.05) is 0 Å². The molecule has 3 heterocycles. The third-order valence-electron chi connectivity index (χ3n) is 3.82. The molecule has 3 rings (SSSR count). The van der Waals surface area contributed by atoms with Gasteiger partial charge in [-0.3, -0.25) is 0 Å². The highest BCUT2D eigenvalue weighted by Gasteiger charge is 2.28. The van der Waals surface area contributed by atoms with Gasteiger partial charge in [0.2, 0.25) is 0 Å². The molecule has 0 unspecified atom stereocenters. The van der Waals surface area contributed by atoms with Gasteiger partial charge in [-0.15, -0.1) is 0 Å². The normalized spacial score (nSPS) is 19.6. The quantitative estimate of drug-likeness (QED) is 0.823. The summed E-state index contributed by atoms with van der Waals surface area (Å²) in [5, 5.41) is 10.1. The molecule has 0 spiro atoms. The number of aryl methyl sites for hydroxylation is 1. The minimum Gasteiger partial charge on any atom is -0.465 e. The zero-order valence-electron chi connectivity index (χ0n) is 11.5. The van der Waals surface area contributed by atoms with Gasteiger partial charge in [0.1, 0.15) is 17.8 Å². The van der Waals surface area contributed by atoms with E-state index in [4.69, 9.17) is 5.11 Å². The first-order valence-corrected chi connectivity index (χ1v) is 6.61. The molecule has 0 radical (unpaired) electrons. The van der Waals surface area contributed by atoms with Crippen LogP contribution in [0, 0.1) is 6.92 Å². The third kappa shape index (κ3) is 1.95. The number of nitrogens with one attached hydrogen (secondary N) is 1. The first kappa shape index (κ1) is 12.7. The minimum absolute atomic E-state index is 0.0505. The summed E-state index contributed by atoms with van der Waals surface area (Å²) >= 11 is 0.